The molecule has 1 amide bonds. The van der Waals surface area contributed by atoms with Gasteiger partial charge in [0.15, 0.2) is 0 Å². The molecule has 0 saturated carbocycles. The molecule has 1 aliphatic rings. The highest BCUT2D eigenvalue weighted by atomic mass is 16.2. The van der Waals surface area contributed by atoms with Crippen LogP contribution in [-0.2, 0) is 9.59 Å². The minimum Gasteiger partial charge on any atom is -0.335 e. The number of hydrogen-bond donors (Lipinski definition) is 0. The number of Topliss-reactive ketones (excluding diaryl/α,β-unsaturated/α-hetero) is 1. The molecule has 5 nitrogen and oxygen atoms in total. The number of aromatic nitrogens is 2. The zero-order valence-electron chi connectivity index (χ0n) is 17.2. The lowest BCUT2D eigenvalue weighted by Gasteiger charge is -2.33. The zero-order valence-corrected chi connectivity index (χ0v) is 17.2. The molecule has 1 aliphatic heterocycles. The van der Waals surface area contributed by atoms with Crippen LogP contribution in [0.3, 0.4) is 0 Å². The number of amides is 1. The van der Waals surface area contributed by atoms with E-state index in [1.54, 1.807) is 4.90 Å². The van der Waals surface area contributed by atoms with Gasteiger partial charge >= 0.3 is 0 Å². The number of hydrogen-bond acceptors (Lipinski definition) is 4. The summed E-state index contributed by atoms with van der Waals surface area (Å²) in [6, 6.07) is 8.31. The van der Waals surface area contributed by atoms with Gasteiger partial charge in [-0.1, -0.05) is 43.7 Å². The lowest BCUT2D eigenvalue weighted by molar-refractivity contribution is -0.147. The molecular weight excluding hydrogens is 350 g/mol. The topological polar surface area (TPSA) is 63.2 Å². The molecule has 2 aromatic rings. The molecule has 0 spiro atoms. The van der Waals surface area contributed by atoms with E-state index in [0.29, 0.717) is 19.5 Å². The summed E-state index contributed by atoms with van der Waals surface area (Å²) in [5, 5.41) is 0. The highest BCUT2D eigenvalue weighted by Gasteiger charge is 2.32. The Morgan fingerprint density at radius 3 is 2.79 bits per heavy atom. The fourth-order valence-corrected chi connectivity index (χ4v) is 3.77. The Morgan fingerprint density at radius 2 is 2.07 bits per heavy atom. The molecule has 1 fully saturated rings. The Labute approximate surface area is 167 Å². The second-order valence-corrected chi connectivity index (χ2v) is 7.85. The summed E-state index contributed by atoms with van der Waals surface area (Å²) in [6.45, 7) is 8.90. The van der Waals surface area contributed by atoms with Gasteiger partial charge in [-0.15, -0.1) is 0 Å². The molecule has 0 aliphatic carbocycles. The first-order valence-electron chi connectivity index (χ1n) is 10.1. The van der Waals surface area contributed by atoms with Gasteiger partial charge in [0.25, 0.3) is 5.91 Å². The number of benzene rings is 1. The van der Waals surface area contributed by atoms with Gasteiger partial charge in [-0.3, -0.25) is 9.59 Å². The Morgan fingerprint density at radius 1 is 1.29 bits per heavy atom. The first kappa shape index (κ1) is 20.2. The van der Waals surface area contributed by atoms with Crippen LogP contribution in [0.1, 0.15) is 56.1 Å². The lowest BCUT2D eigenvalue weighted by Crippen LogP contribution is -2.44. The van der Waals surface area contributed by atoms with Crippen molar-refractivity contribution in [1.82, 2.24) is 14.9 Å². The number of piperidine rings is 1. The van der Waals surface area contributed by atoms with Crippen molar-refractivity contribution in [3.8, 4) is 11.1 Å². The summed E-state index contributed by atoms with van der Waals surface area (Å²) < 4.78 is 0. The zero-order chi connectivity index (χ0) is 20.3. The normalized spacial score (nSPS) is 18.0. The van der Waals surface area contributed by atoms with Crippen LogP contribution in [0.15, 0.2) is 30.5 Å². The van der Waals surface area contributed by atoms with Gasteiger partial charge in [0.05, 0.1) is 5.69 Å². The van der Waals surface area contributed by atoms with Gasteiger partial charge in [-0.25, -0.2) is 9.97 Å². The molecule has 0 N–H and O–H groups in total. The van der Waals surface area contributed by atoms with Gasteiger partial charge in [0.2, 0.25) is 5.78 Å². The minimum atomic E-state index is -0.345. The molecule has 0 unspecified atom stereocenters. The number of ketones is 1. The van der Waals surface area contributed by atoms with Crippen molar-refractivity contribution in [2.24, 2.45) is 5.92 Å². The summed E-state index contributed by atoms with van der Waals surface area (Å²) >= 11 is 0. The first-order chi connectivity index (χ1) is 13.4. The SMILES string of the molecule is CC[C@@H](C)C(=O)C(=O)N1CCC[C@@H](c2nc(C)ncc2-c2cccc(C)c2)C1. The smallest absolute Gasteiger partial charge is 0.290 e. The van der Waals surface area contributed by atoms with Crippen LogP contribution in [0.2, 0.25) is 0 Å². The molecule has 2 heterocycles. The summed E-state index contributed by atoms with van der Waals surface area (Å²) in [6.07, 6.45) is 4.40. The number of likely N-dealkylation sites (tertiary alicyclic amines) is 1. The Hall–Kier alpha value is -2.56. The van der Waals surface area contributed by atoms with Crippen LogP contribution in [0.25, 0.3) is 11.1 Å². The maximum absolute atomic E-state index is 12.7. The van der Waals surface area contributed by atoms with Crippen LogP contribution in [0.5, 0.6) is 0 Å². The second kappa shape index (κ2) is 8.63. The van der Waals surface area contributed by atoms with Gasteiger partial charge in [-0.05, 0) is 38.7 Å². The van der Waals surface area contributed by atoms with E-state index in [2.05, 4.69) is 30.1 Å². The molecule has 28 heavy (non-hydrogen) atoms. The van der Waals surface area contributed by atoms with Crippen LogP contribution in [0.4, 0.5) is 0 Å². The van der Waals surface area contributed by atoms with Crippen molar-refractivity contribution in [3.63, 3.8) is 0 Å². The van der Waals surface area contributed by atoms with Crippen molar-refractivity contribution in [1.29, 1.82) is 0 Å². The maximum Gasteiger partial charge on any atom is 0.290 e. The minimum absolute atomic E-state index is 0.111. The van der Waals surface area contributed by atoms with Crippen LogP contribution >= 0.6 is 0 Å². The molecule has 0 bridgehead atoms. The van der Waals surface area contributed by atoms with Crippen molar-refractivity contribution >= 4 is 11.7 Å². The monoisotopic (exact) mass is 379 g/mol. The van der Waals surface area contributed by atoms with Gasteiger partial charge in [-0.2, -0.15) is 0 Å². The molecule has 148 valence electrons. The molecule has 1 aromatic carbocycles. The van der Waals surface area contributed by atoms with E-state index in [4.69, 9.17) is 4.98 Å². The molecule has 1 aromatic heterocycles. The Bertz CT molecular complexity index is 878. The molecular formula is C23H29N3O2. The second-order valence-electron chi connectivity index (χ2n) is 7.85. The van der Waals surface area contributed by atoms with Crippen molar-refractivity contribution < 1.29 is 9.59 Å². The number of carbonyl (C=O) groups excluding carboxylic acids is 2. The van der Waals surface area contributed by atoms with E-state index in [1.807, 2.05) is 33.0 Å². The fourth-order valence-electron chi connectivity index (χ4n) is 3.77. The molecule has 0 radical (unpaired) electrons. The van der Waals surface area contributed by atoms with Crippen LogP contribution in [-0.4, -0.2) is 39.6 Å². The number of carbonyl (C=O) groups is 2. The van der Waals surface area contributed by atoms with Crippen molar-refractivity contribution in [2.45, 2.75) is 52.9 Å². The predicted octanol–water partition coefficient (Wildman–Crippen LogP) is 4.08. The van der Waals surface area contributed by atoms with Gasteiger partial charge < -0.3 is 4.90 Å². The Kier molecular flexibility index (Phi) is 6.22. The fraction of sp³-hybridized carbons (Fsp3) is 0.478. The van der Waals surface area contributed by atoms with E-state index in [9.17, 15) is 9.59 Å². The third kappa shape index (κ3) is 4.29. The van der Waals surface area contributed by atoms with E-state index in [0.717, 1.165) is 35.5 Å². The maximum atomic E-state index is 12.7. The molecule has 5 heteroatoms. The quantitative estimate of drug-likeness (QED) is 0.734. The number of nitrogens with zero attached hydrogens (tertiary/aromatic N) is 3. The summed E-state index contributed by atoms with van der Waals surface area (Å²) in [4.78, 5) is 36.0. The van der Waals surface area contributed by atoms with E-state index < -0.39 is 0 Å². The molecule has 2 atom stereocenters. The summed E-state index contributed by atoms with van der Waals surface area (Å²) in [7, 11) is 0. The first-order valence-corrected chi connectivity index (χ1v) is 10.1. The third-order valence-corrected chi connectivity index (χ3v) is 5.63. The van der Waals surface area contributed by atoms with Crippen molar-refractivity contribution in [2.75, 3.05) is 13.1 Å². The third-order valence-electron chi connectivity index (χ3n) is 5.63. The predicted molar refractivity (Wildman–Crippen MR) is 110 cm³/mol. The van der Waals surface area contributed by atoms with E-state index in [1.165, 1.54) is 5.56 Å². The van der Waals surface area contributed by atoms with Crippen LogP contribution in [0, 0.1) is 19.8 Å². The number of rotatable bonds is 5. The number of aryl methyl sites for hydroxylation is 2. The molecule has 1 saturated heterocycles. The van der Waals surface area contributed by atoms with E-state index >= 15 is 0 Å². The average molecular weight is 380 g/mol. The Balaban J connectivity index is 1.90. The largest absolute Gasteiger partial charge is 0.335 e. The summed E-state index contributed by atoms with van der Waals surface area (Å²) in [5.41, 5.74) is 4.27. The lowest BCUT2D eigenvalue weighted by atomic mass is 9.89. The highest BCUT2D eigenvalue weighted by Crippen LogP contribution is 2.33. The van der Waals surface area contributed by atoms with E-state index in [-0.39, 0.29) is 23.5 Å². The van der Waals surface area contributed by atoms with Gasteiger partial charge in [0.1, 0.15) is 5.82 Å². The van der Waals surface area contributed by atoms with Crippen LogP contribution < -0.4 is 0 Å². The average Bonchev–Trinajstić information content (AvgIpc) is 2.72. The standard InChI is InChI=1S/C23H29N3O2/c1-5-16(3)22(27)23(28)26-11-7-10-19(14-26)21-20(13-24-17(4)25-21)18-9-6-8-15(2)12-18/h6,8-9,12-13,16,19H,5,7,10-11,14H2,1-4H3/t16-,19-/m1/s1. The van der Waals surface area contributed by atoms with Crippen molar-refractivity contribution in [3.05, 3.63) is 47.5 Å². The summed E-state index contributed by atoms with van der Waals surface area (Å²) in [5.74, 6) is -0.00920. The molecule has 3 rings (SSSR count). The van der Waals surface area contributed by atoms with Gasteiger partial charge in [0, 0.05) is 36.7 Å². The highest BCUT2D eigenvalue weighted by molar-refractivity contribution is 6.36.